The van der Waals surface area contributed by atoms with Crippen LogP contribution in [0.2, 0.25) is 0 Å². The number of carbonyl (C=O) groups is 2. The van der Waals surface area contributed by atoms with Gasteiger partial charge in [0.25, 0.3) is 5.91 Å². The van der Waals surface area contributed by atoms with Gasteiger partial charge in [-0.25, -0.2) is 4.79 Å². The second kappa shape index (κ2) is 8.22. The number of esters is 1. The van der Waals surface area contributed by atoms with Crippen molar-refractivity contribution in [3.8, 4) is 0 Å². The van der Waals surface area contributed by atoms with Crippen molar-refractivity contribution in [2.75, 3.05) is 13.2 Å². The van der Waals surface area contributed by atoms with Crippen LogP contribution in [0.25, 0.3) is 21.8 Å². The summed E-state index contributed by atoms with van der Waals surface area (Å²) in [6, 6.07) is 17.4. The monoisotopic (exact) mass is 413 g/mol. The number of hydrogen-bond donors (Lipinski definition) is 2. The van der Waals surface area contributed by atoms with E-state index in [2.05, 4.69) is 21.4 Å². The van der Waals surface area contributed by atoms with Gasteiger partial charge in [-0.1, -0.05) is 36.4 Å². The van der Waals surface area contributed by atoms with Crippen molar-refractivity contribution in [3.63, 3.8) is 0 Å². The molecule has 1 aliphatic rings. The Morgan fingerprint density at radius 1 is 1.06 bits per heavy atom. The smallest absolute Gasteiger partial charge is 0.339 e. The molecule has 2 aromatic carbocycles. The van der Waals surface area contributed by atoms with Gasteiger partial charge in [0, 0.05) is 40.6 Å². The van der Waals surface area contributed by atoms with E-state index in [9.17, 15) is 9.59 Å². The largest absolute Gasteiger partial charge is 0.452 e. The van der Waals surface area contributed by atoms with Crippen molar-refractivity contribution in [2.24, 2.45) is 0 Å². The summed E-state index contributed by atoms with van der Waals surface area (Å²) in [5, 5.41) is 4.73. The number of H-pyrrole nitrogens is 1. The third-order valence-corrected chi connectivity index (χ3v) is 5.68. The minimum absolute atomic E-state index is 0.303. The minimum Gasteiger partial charge on any atom is -0.452 e. The summed E-state index contributed by atoms with van der Waals surface area (Å²) in [6.07, 6.45) is 4.85. The summed E-state index contributed by atoms with van der Waals surface area (Å²) < 4.78 is 5.33. The molecule has 2 aromatic heterocycles. The van der Waals surface area contributed by atoms with Crippen molar-refractivity contribution in [1.29, 1.82) is 0 Å². The molecule has 0 bridgehead atoms. The molecule has 0 unspecified atom stereocenters. The number of pyridine rings is 1. The fraction of sp³-hybridized carbons (Fsp3) is 0.240. The van der Waals surface area contributed by atoms with Crippen LogP contribution in [0.15, 0.2) is 60.8 Å². The number of aromatic nitrogens is 2. The molecule has 156 valence electrons. The van der Waals surface area contributed by atoms with E-state index in [1.54, 1.807) is 0 Å². The highest BCUT2D eigenvalue weighted by Gasteiger charge is 2.27. The van der Waals surface area contributed by atoms with Crippen molar-refractivity contribution in [1.82, 2.24) is 15.3 Å². The van der Waals surface area contributed by atoms with Gasteiger partial charge in [0.05, 0.1) is 11.1 Å². The average molecular weight is 413 g/mol. The van der Waals surface area contributed by atoms with Gasteiger partial charge in [0.15, 0.2) is 6.61 Å². The van der Waals surface area contributed by atoms with Crippen LogP contribution in [0.1, 0.15) is 40.4 Å². The van der Waals surface area contributed by atoms with Crippen LogP contribution in [0.3, 0.4) is 0 Å². The maximum Gasteiger partial charge on any atom is 0.339 e. The standard InChI is InChI=1S/C25H23N3O3/c29-24(26-12-11-17-14-27-21-7-3-1-5-18(17)21)15-31-25(30)20-13-23(16-9-10-16)28-22-8-4-2-6-19(20)22/h1-8,13-14,16,27H,9-12,15H2,(H,26,29). The molecule has 1 aliphatic carbocycles. The SMILES string of the molecule is O=C(COC(=O)c1cc(C2CC2)nc2ccccc12)NCCc1c[nH]c2ccccc12. The van der Waals surface area contributed by atoms with E-state index < -0.39 is 5.97 Å². The number of fused-ring (bicyclic) bond motifs is 2. The first kappa shape index (κ1) is 19.3. The van der Waals surface area contributed by atoms with E-state index in [4.69, 9.17) is 4.74 Å². The molecule has 31 heavy (non-hydrogen) atoms. The summed E-state index contributed by atoms with van der Waals surface area (Å²) in [4.78, 5) is 32.8. The second-order valence-corrected chi connectivity index (χ2v) is 7.92. The molecule has 6 heteroatoms. The van der Waals surface area contributed by atoms with Gasteiger partial charge in [-0.05, 0) is 43.0 Å². The Morgan fingerprint density at radius 2 is 1.84 bits per heavy atom. The van der Waals surface area contributed by atoms with E-state index >= 15 is 0 Å². The van der Waals surface area contributed by atoms with Crippen LogP contribution in [0.5, 0.6) is 0 Å². The fourth-order valence-corrected chi connectivity index (χ4v) is 3.89. The Kier molecular flexibility index (Phi) is 5.12. The molecule has 2 heterocycles. The number of carbonyl (C=O) groups excluding carboxylic acids is 2. The number of amides is 1. The Hall–Kier alpha value is -3.67. The Bertz CT molecular complexity index is 1270. The predicted molar refractivity (Wildman–Crippen MR) is 119 cm³/mol. The van der Waals surface area contributed by atoms with Crippen LogP contribution in [0, 0.1) is 0 Å². The normalized spacial score (nSPS) is 13.4. The molecule has 0 aliphatic heterocycles. The summed E-state index contributed by atoms with van der Waals surface area (Å²) in [6.45, 7) is 0.171. The van der Waals surface area contributed by atoms with E-state index in [1.807, 2.05) is 54.7 Å². The van der Waals surface area contributed by atoms with Crippen molar-refractivity contribution >= 4 is 33.7 Å². The molecule has 1 saturated carbocycles. The molecule has 0 saturated heterocycles. The lowest BCUT2D eigenvalue weighted by Gasteiger charge is -2.10. The zero-order chi connectivity index (χ0) is 21.2. The lowest BCUT2D eigenvalue weighted by Crippen LogP contribution is -2.30. The minimum atomic E-state index is -0.493. The van der Waals surface area contributed by atoms with Crippen LogP contribution in [-0.2, 0) is 16.0 Å². The number of para-hydroxylation sites is 2. The number of benzene rings is 2. The molecular formula is C25H23N3O3. The van der Waals surface area contributed by atoms with Crippen LogP contribution in [0.4, 0.5) is 0 Å². The first-order chi connectivity index (χ1) is 15.2. The van der Waals surface area contributed by atoms with Gasteiger partial charge in [-0.15, -0.1) is 0 Å². The van der Waals surface area contributed by atoms with Crippen LogP contribution < -0.4 is 5.32 Å². The maximum atomic E-state index is 12.7. The predicted octanol–water partition coefficient (Wildman–Crippen LogP) is 4.11. The molecule has 0 radical (unpaired) electrons. The van der Waals surface area contributed by atoms with E-state index in [-0.39, 0.29) is 12.5 Å². The number of rotatable bonds is 7. The van der Waals surface area contributed by atoms with Crippen LogP contribution >= 0.6 is 0 Å². The molecule has 0 spiro atoms. The molecule has 6 nitrogen and oxygen atoms in total. The zero-order valence-corrected chi connectivity index (χ0v) is 17.1. The third-order valence-electron chi connectivity index (χ3n) is 5.68. The van der Waals surface area contributed by atoms with Gasteiger partial charge in [-0.2, -0.15) is 0 Å². The molecule has 1 fully saturated rings. The average Bonchev–Trinajstić information content (AvgIpc) is 3.58. The summed E-state index contributed by atoms with van der Waals surface area (Å²) in [7, 11) is 0. The maximum absolute atomic E-state index is 12.7. The molecular weight excluding hydrogens is 390 g/mol. The van der Waals surface area contributed by atoms with Gasteiger partial charge in [0.2, 0.25) is 0 Å². The highest BCUT2D eigenvalue weighted by atomic mass is 16.5. The first-order valence-electron chi connectivity index (χ1n) is 10.6. The topological polar surface area (TPSA) is 84.1 Å². The number of nitrogens with one attached hydrogen (secondary N) is 2. The lowest BCUT2D eigenvalue weighted by molar-refractivity contribution is -0.124. The van der Waals surface area contributed by atoms with Crippen molar-refractivity contribution in [2.45, 2.75) is 25.2 Å². The van der Waals surface area contributed by atoms with Crippen molar-refractivity contribution in [3.05, 3.63) is 77.6 Å². The van der Waals surface area contributed by atoms with Crippen LogP contribution in [-0.4, -0.2) is 35.0 Å². The van der Waals surface area contributed by atoms with Gasteiger partial charge in [0.1, 0.15) is 0 Å². The first-order valence-corrected chi connectivity index (χ1v) is 10.6. The number of aromatic amines is 1. The zero-order valence-electron chi connectivity index (χ0n) is 17.1. The number of ether oxygens (including phenoxy) is 1. The number of hydrogen-bond acceptors (Lipinski definition) is 4. The lowest BCUT2D eigenvalue weighted by atomic mass is 10.1. The van der Waals surface area contributed by atoms with Gasteiger partial charge in [-0.3, -0.25) is 9.78 Å². The summed E-state index contributed by atoms with van der Waals surface area (Å²) >= 11 is 0. The second-order valence-electron chi connectivity index (χ2n) is 7.92. The number of nitrogens with zero attached hydrogens (tertiary/aromatic N) is 1. The van der Waals surface area contributed by atoms with Gasteiger partial charge >= 0.3 is 5.97 Å². The van der Waals surface area contributed by atoms with E-state index in [0.717, 1.165) is 45.9 Å². The molecule has 1 amide bonds. The Labute approximate surface area is 179 Å². The summed E-state index contributed by atoms with van der Waals surface area (Å²) in [5.41, 5.74) is 4.40. The Balaban J connectivity index is 1.19. The molecule has 4 aromatic rings. The summed E-state index contributed by atoms with van der Waals surface area (Å²) in [5.74, 6) is -0.384. The quantitative estimate of drug-likeness (QED) is 0.447. The third kappa shape index (κ3) is 4.14. The fourth-order valence-electron chi connectivity index (χ4n) is 3.89. The highest BCUT2D eigenvalue weighted by molar-refractivity contribution is 6.04. The van der Waals surface area contributed by atoms with Crippen molar-refractivity contribution < 1.29 is 14.3 Å². The molecule has 0 atom stereocenters. The molecule has 2 N–H and O–H groups in total. The van der Waals surface area contributed by atoms with Gasteiger partial charge < -0.3 is 15.0 Å². The Morgan fingerprint density at radius 3 is 2.68 bits per heavy atom. The molecule has 5 rings (SSSR count). The van der Waals surface area contributed by atoms with E-state index in [0.29, 0.717) is 24.4 Å². The highest BCUT2D eigenvalue weighted by Crippen LogP contribution is 2.40. The van der Waals surface area contributed by atoms with E-state index in [1.165, 1.54) is 0 Å².